The molecule has 0 saturated carbocycles. The van der Waals surface area contributed by atoms with Crippen molar-refractivity contribution in [2.75, 3.05) is 5.32 Å². The summed E-state index contributed by atoms with van der Waals surface area (Å²) in [5.41, 5.74) is 2.19. The molecule has 2 N–H and O–H groups in total. The summed E-state index contributed by atoms with van der Waals surface area (Å²) in [4.78, 5) is 27.9. The first-order chi connectivity index (χ1) is 15.4. The minimum atomic E-state index is -0.813. The Balaban J connectivity index is 2.38. The van der Waals surface area contributed by atoms with Crippen LogP contribution in [-0.2, 0) is 15.6 Å². The zero-order chi connectivity index (χ0) is 25.0. The van der Waals surface area contributed by atoms with Crippen LogP contribution in [0.1, 0.15) is 89.2 Å². The molecule has 1 aromatic carbocycles. The first-order valence-electron chi connectivity index (χ1n) is 11.4. The quantitative estimate of drug-likeness (QED) is 0.306. The summed E-state index contributed by atoms with van der Waals surface area (Å²) in [7, 11) is 0. The van der Waals surface area contributed by atoms with E-state index in [1.807, 2.05) is 13.0 Å². The van der Waals surface area contributed by atoms with Crippen molar-refractivity contribution in [3.63, 3.8) is 0 Å². The van der Waals surface area contributed by atoms with Crippen LogP contribution >= 0.6 is 11.6 Å². The number of carbonyl (C=O) groups excluding carboxylic acids is 2. The lowest BCUT2D eigenvalue weighted by Gasteiger charge is -2.31. The topological polar surface area (TPSA) is 88.5 Å². The van der Waals surface area contributed by atoms with Gasteiger partial charge in [-0.15, -0.1) is 0 Å². The van der Waals surface area contributed by atoms with Gasteiger partial charge in [-0.2, -0.15) is 0 Å². The highest BCUT2D eigenvalue weighted by Crippen LogP contribution is 2.39. The number of aldehydes is 1. The summed E-state index contributed by atoms with van der Waals surface area (Å²) < 4.78 is 6.22. The van der Waals surface area contributed by atoms with E-state index in [4.69, 9.17) is 16.3 Å². The number of pyridine rings is 1. The average molecular weight is 475 g/mol. The molecule has 0 aliphatic heterocycles. The Morgan fingerprint density at radius 2 is 1.79 bits per heavy atom. The number of nitrogens with one attached hydrogen (secondary N) is 1. The zero-order valence-corrected chi connectivity index (χ0v) is 21.3. The third-order valence-electron chi connectivity index (χ3n) is 6.54. The number of hydrogen-bond acceptors (Lipinski definition) is 5. The molecule has 180 valence electrons. The number of halogens is 1. The molecule has 2 aromatic rings. The number of aromatic hydroxyl groups is 1. The molecular formula is C26H35ClN2O4. The van der Waals surface area contributed by atoms with Gasteiger partial charge in [0.25, 0.3) is 5.91 Å². The van der Waals surface area contributed by atoms with Crippen molar-refractivity contribution >= 4 is 29.6 Å². The lowest BCUT2D eigenvalue weighted by atomic mass is 9.76. The van der Waals surface area contributed by atoms with Gasteiger partial charge in [0.15, 0.2) is 24.0 Å². The Kier molecular flexibility index (Phi) is 8.52. The van der Waals surface area contributed by atoms with E-state index < -0.39 is 12.0 Å². The fourth-order valence-electron chi connectivity index (χ4n) is 3.32. The predicted molar refractivity (Wildman–Crippen MR) is 133 cm³/mol. The van der Waals surface area contributed by atoms with Crippen LogP contribution in [0.4, 0.5) is 5.82 Å². The predicted octanol–water partition coefficient (Wildman–Crippen LogP) is 6.42. The molecular weight excluding hydrogens is 440 g/mol. The molecule has 6 nitrogen and oxygen atoms in total. The Labute approximate surface area is 201 Å². The number of benzene rings is 1. The summed E-state index contributed by atoms with van der Waals surface area (Å²) in [6, 6.07) is 7.36. The maximum atomic E-state index is 13.0. The van der Waals surface area contributed by atoms with Crippen LogP contribution in [0.3, 0.4) is 0 Å². The standard InChI is InChI=1S/C26H35ClN2O4/c1-8-20(24(32)29-23-19(31)13-16(15-30)22(27)28-23)33-21-12-11-17(25(4,5)9-2)14-18(21)26(6,7)10-3/h11-15,20,31H,8-10H2,1-7H3,(H,28,29,32). The average Bonchev–Trinajstić information content (AvgIpc) is 2.79. The second kappa shape index (κ2) is 10.6. The number of rotatable bonds is 10. The van der Waals surface area contributed by atoms with Crippen LogP contribution in [0.25, 0.3) is 0 Å². The Hall–Kier alpha value is -2.60. The molecule has 0 aliphatic carbocycles. The van der Waals surface area contributed by atoms with Crippen LogP contribution < -0.4 is 10.1 Å². The van der Waals surface area contributed by atoms with Gasteiger partial charge in [0.2, 0.25) is 0 Å². The first-order valence-corrected chi connectivity index (χ1v) is 11.7. The summed E-state index contributed by atoms with van der Waals surface area (Å²) >= 11 is 5.94. The van der Waals surface area contributed by atoms with Crippen LogP contribution in [0, 0.1) is 0 Å². The van der Waals surface area contributed by atoms with Crippen molar-refractivity contribution in [3.8, 4) is 11.5 Å². The van der Waals surface area contributed by atoms with Gasteiger partial charge in [0, 0.05) is 5.56 Å². The van der Waals surface area contributed by atoms with Crippen LogP contribution in [-0.4, -0.2) is 28.4 Å². The monoisotopic (exact) mass is 474 g/mol. The van der Waals surface area contributed by atoms with Gasteiger partial charge in [-0.1, -0.05) is 72.2 Å². The smallest absolute Gasteiger partial charge is 0.266 e. The number of ether oxygens (including phenoxy) is 1. The molecule has 0 bridgehead atoms. The Morgan fingerprint density at radius 3 is 2.33 bits per heavy atom. The van der Waals surface area contributed by atoms with Gasteiger partial charge in [-0.25, -0.2) is 4.98 Å². The van der Waals surface area contributed by atoms with E-state index in [9.17, 15) is 14.7 Å². The summed E-state index contributed by atoms with van der Waals surface area (Å²) in [5, 5.41) is 12.6. The number of hydrogen-bond donors (Lipinski definition) is 2. The minimum Gasteiger partial charge on any atom is -0.504 e. The maximum absolute atomic E-state index is 13.0. The summed E-state index contributed by atoms with van der Waals surface area (Å²) in [6.07, 6.45) is 1.98. The zero-order valence-electron chi connectivity index (χ0n) is 20.6. The molecule has 0 aliphatic rings. The van der Waals surface area contributed by atoms with E-state index in [0.717, 1.165) is 24.5 Å². The van der Waals surface area contributed by atoms with E-state index in [1.54, 1.807) is 0 Å². The van der Waals surface area contributed by atoms with Crippen molar-refractivity contribution in [2.45, 2.75) is 84.7 Å². The third-order valence-corrected chi connectivity index (χ3v) is 6.84. The molecule has 0 saturated heterocycles. The van der Waals surface area contributed by atoms with Gasteiger partial charge in [0.05, 0.1) is 5.56 Å². The second-order valence-corrected chi connectivity index (χ2v) is 9.90. The summed E-state index contributed by atoms with van der Waals surface area (Å²) in [6.45, 7) is 14.9. The van der Waals surface area contributed by atoms with E-state index in [0.29, 0.717) is 18.5 Å². The van der Waals surface area contributed by atoms with Gasteiger partial charge >= 0.3 is 0 Å². The highest BCUT2D eigenvalue weighted by molar-refractivity contribution is 6.32. The van der Waals surface area contributed by atoms with Crippen LogP contribution in [0.15, 0.2) is 24.3 Å². The van der Waals surface area contributed by atoms with Crippen molar-refractivity contribution < 1.29 is 19.4 Å². The maximum Gasteiger partial charge on any atom is 0.266 e. The van der Waals surface area contributed by atoms with Gasteiger partial charge in [0.1, 0.15) is 10.9 Å². The number of aromatic nitrogens is 1. The Morgan fingerprint density at radius 1 is 1.15 bits per heavy atom. The largest absolute Gasteiger partial charge is 0.504 e. The van der Waals surface area contributed by atoms with Crippen molar-refractivity contribution in [1.29, 1.82) is 0 Å². The van der Waals surface area contributed by atoms with E-state index >= 15 is 0 Å². The Bertz CT molecular complexity index is 1020. The molecule has 1 atom stereocenters. The molecule has 1 amide bonds. The third kappa shape index (κ3) is 6.05. The van der Waals surface area contributed by atoms with Gasteiger partial charge < -0.3 is 15.2 Å². The molecule has 0 spiro atoms. The van der Waals surface area contributed by atoms with E-state index in [2.05, 4.69) is 64.0 Å². The molecule has 33 heavy (non-hydrogen) atoms. The van der Waals surface area contributed by atoms with Crippen LogP contribution in [0.2, 0.25) is 5.15 Å². The fraction of sp³-hybridized carbons (Fsp3) is 0.500. The fourth-order valence-corrected chi connectivity index (χ4v) is 3.50. The lowest BCUT2D eigenvalue weighted by molar-refractivity contribution is -0.122. The summed E-state index contributed by atoms with van der Waals surface area (Å²) in [5.74, 6) is -0.269. The normalized spacial score (nSPS) is 12.8. The molecule has 7 heteroatoms. The lowest BCUT2D eigenvalue weighted by Crippen LogP contribution is -2.33. The van der Waals surface area contributed by atoms with Crippen molar-refractivity contribution in [1.82, 2.24) is 4.98 Å². The highest BCUT2D eigenvalue weighted by Gasteiger charge is 2.29. The first kappa shape index (κ1) is 26.7. The second-order valence-electron chi connectivity index (χ2n) is 9.54. The van der Waals surface area contributed by atoms with E-state index in [1.165, 1.54) is 5.56 Å². The SMILES string of the molecule is CCC(Oc1ccc(C(C)(C)CC)cc1C(C)(C)CC)C(=O)Nc1nc(Cl)c(C=O)cc1O. The van der Waals surface area contributed by atoms with Gasteiger partial charge in [-0.05, 0) is 47.8 Å². The van der Waals surface area contributed by atoms with Crippen LogP contribution in [0.5, 0.6) is 11.5 Å². The highest BCUT2D eigenvalue weighted by atomic mass is 35.5. The number of amides is 1. The molecule has 0 fully saturated rings. The minimum absolute atomic E-state index is 0.0226. The number of nitrogens with zero attached hydrogens (tertiary/aromatic N) is 1. The molecule has 1 heterocycles. The van der Waals surface area contributed by atoms with Crippen molar-refractivity contribution in [3.05, 3.63) is 46.1 Å². The molecule has 0 radical (unpaired) electrons. The number of anilines is 1. The molecule has 1 aromatic heterocycles. The van der Waals surface area contributed by atoms with Gasteiger partial charge in [-0.3, -0.25) is 9.59 Å². The molecule has 2 rings (SSSR count). The van der Waals surface area contributed by atoms with E-state index in [-0.39, 0.29) is 33.1 Å². The van der Waals surface area contributed by atoms with Crippen molar-refractivity contribution in [2.24, 2.45) is 0 Å². The molecule has 1 unspecified atom stereocenters. The number of carbonyl (C=O) groups is 2.